The van der Waals surface area contributed by atoms with Crippen molar-refractivity contribution in [3.63, 3.8) is 0 Å². The van der Waals surface area contributed by atoms with E-state index in [1.807, 2.05) is 0 Å². The minimum atomic E-state index is -1.61. The zero-order valence-corrected chi connectivity index (χ0v) is 8.21. The summed E-state index contributed by atoms with van der Waals surface area (Å²) in [5.41, 5.74) is 5.00. The molecule has 1 unspecified atom stereocenters. The number of benzene rings is 1. The third-order valence-electron chi connectivity index (χ3n) is 2.41. The Hall–Kier alpha value is -1.62. The average molecular weight is 210 g/mol. The van der Waals surface area contributed by atoms with Gasteiger partial charge in [-0.25, -0.2) is 9.18 Å². The first kappa shape index (κ1) is 9.92. The van der Waals surface area contributed by atoms with Gasteiger partial charge in [0.15, 0.2) is 5.58 Å². The van der Waals surface area contributed by atoms with E-state index in [1.165, 1.54) is 13.0 Å². The van der Waals surface area contributed by atoms with Gasteiger partial charge in [-0.05, 0) is 24.6 Å². The summed E-state index contributed by atoms with van der Waals surface area (Å²) in [5.74, 6) is -0.546. The van der Waals surface area contributed by atoms with E-state index in [1.54, 1.807) is 12.1 Å². The third-order valence-corrected chi connectivity index (χ3v) is 2.41. The first-order valence-corrected chi connectivity index (χ1v) is 4.55. The van der Waals surface area contributed by atoms with E-state index < -0.39 is 11.4 Å². The predicted octanol–water partition coefficient (Wildman–Crippen LogP) is 1.26. The molecule has 0 fully saturated rings. The van der Waals surface area contributed by atoms with Crippen molar-refractivity contribution in [1.29, 1.82) is 0 Å². The van der Waals surface area contributed by atoms with Crippen molar-refractivity contribution in [3.05, 3.63) is 34.3 Å². The highest BCUT2D eigenvalue weighted by molar-refractivity contribution is 5.73. The second-order valence-electron chi connectivity index (χ2n) is 3.63. The van der Waals surface area contributed by atoms with E-state index in [0.717, 1.165) is 0 Å². The van der Waals surface area contributed by atoms with Crippen LogP contribution in [-0.2, 0) is 5.67 Å². The smallest absolute Gasteiger partial charge is 0.408 e. The summed E-state index contributed by atoms with van der Waals surface area (Å²) in [5, 5.41) is 0. The molecule has 0 aliphatic carbocycles. The highest BCUT2D eigenvalue weighted by Crippen LogP contribution is 2.26. The fourth-order valence-corrected chi connectivity index (χ4v) is 1.39. The van der Waals surface area contributed by atoms with E-state index >= 15 is 0 Å². The maximum Gasteiger partial charge on any atom is 0.417 e. The van der Waals surface area contributed by atoms with Gasteiger partial charge in [-0.2, -0.15) is 0 Å². The monoisotopic (exact) mass is 210 g/mol. The molecule has 0 saturated carbocycles. The summed E-state index contributed by atoms with van der Waals surface area (Å²) < 4.78 is 18.7. The number of hydrogen-bond acceptors (Lipinski definition) is 3. The minimum absolute atomic E-state index is 0.118. The highest BCUT2D eigenvalue weighted by Gasteiger charge is 2.24. The molecule has 0 saturated heterocycles. The van der Waals surface area contributed by atoms with Crippen molar-refractivity contribution < 1.29 is 8.81 Å². The van der Waals surface area contributed by atoms with Gasteiger partial charge >= 0.3 is 5.76 Å². The van der Waals surface area contributed by atoms with Crippen LogP contribution in [0, 0.1) is 0 Å². The molecular formula is C10H11FN2O2. The van der Waals surface area contributed by atoms with Crippen molar-refractivity contribution in [3.8, 4) is 0 Å². The number of oxazole rings is 1. The summed E-state index contributed by atoms with van der Waals surface area (Å²) in [6.45, 7) is 1.27. The van der Waals surface area contributed by atoms with Gasteiger partial charge in [0.2, 0.25) is 0 Å². The molecule has 0 bridgehead atoms. The van der Waals surface area contributed by atoms with Crippen molar-refractivity contribution in [2.45, 2.75) is 12.6 Å². The van der Waals surface area contributed by atoms with E-state index in [9.17, 15) is 9.18 Å². The Labute approximate surface area is 84.9 Å². The van der Waals surface area contributed by atoms with Crippen LogP contribution in [0.1, 0.15) is 12.5 Å². The Morgan fingerprint density at radius 1 is 1.60 bits per heavy atom. The number of hydrogen-bond donors (Lipinski definition) is 2. The molecule has 0 radical (unpaired) electrons. The molecule has 2 rings (SSSR count). The number of nitrogens with two attached hydrogens (primary N) is 1. The van der Waals surface area contributed by atoms with Gasteiger partial charge in [-0.1, -0.05) is 6.07 Å². The summed E-state index contributed by atoms with van der Waals surface area (Å²) >= 11 is 0. The molecule has 0 aliphatic heterocycles. The Bertz CT molecular complexity index is 542. The molecule has 0 aliphatic rings. The van der Waals surface area contributed by atoms with Crippen molar-refractivity contribution >= 4 is 11.1 Å². The fraction of sp³-hybridized carbons (Fsp3) is 0.300. The number of alkyl halides is 1. The molecule has 15 heavy (non-hydrogen) atoms. The maximum absolute atomic E-state index is 13.8. The lowest BCUT2D eigenvalue weighted by atomic mass is 9.98. The van der Waals surface area contributed by atoms with E-state index in [2.05, 4.69) is 4.98 Å². The highest BCUT2D eigenvalue weighted by atomic mass is 19.1. The van der Waals surface area contributed by atoms with Crippen LogP contribution in [0.25, 0.3) is 11.1 Å². The molecule has 5 heteroatoms. The third kappa shape index (κ3) is 1.66. The van der Waals surface area contributed by atoms with Gasteiger partial charge < -0.3 is 10.2 Å². The average Bonchev–Trinajstić information content (AvgIpc) is 2.56. The van der Waals surface area contributed by atoms with Crippen LogP contribution < -0.4 is 11.5 Å². The summed E-state index contributed by atoms with van der Waals surface area (Å²) in [6, 6.07) is 4.67. The molecular weight excluding hydrogens is 199 g/mol. The minimum Gasteiger partial charge on any atom is -0.408 e. The quantitative estimate of drug-likeness (QED) is 0.783. The molecule has 1 heterocycles. The van der Waals surface area contributed by atoms with E-state index in [0.29, 0.717) is 16.7 Å². The number of halogens is 1. The van der Waals surface area contributed by atoms with Crippen LogP contribution >= 0.6 is 0 Å². The molecule has 2 aromatic rings. The number of H-pyrrole nitrogens is 1. The van der Waals surface area contributed by atoms with Crippen LogP contribution in [0.3, 0.4) is 0 Å². The Morgan fingerprint density at radius 3 is 3.00 bits per heavy atom. The number of nitrogens with one attached hydrogen (secondary N) is 1. The Kier molecular flexibility index (Phi) is 2.12. The Balaban J connectivity index is 2.60. The Morgan fingerprint density at radius 2 is 2.33 bits per heavy atom. The SMILES string of the molecule is CC(F)(CN)c1ccc2[nH]c(=O)oc2c1. The summed E-state index contributed by atoms with van der Waals surface area (Å²) in [6.07, 6.45) is 0. The lowest BCUT2D eigenvalue weighted by molar-refractivity contribution is 0.203. The second-order valence-corrected chi connectivity index (χ2v) is 3.63. The van der Waals surface area contributed by atoms with Crippen LogP contribution in [0.4, 0.5) is 4.39 Å². The van der Waals surface area contributed by atoms with Crippen LogP contribution in [-0.4, -0.2) is 11.5 Å². The summed E-state index contributed by atoms with van der Waals surface area (Å²) in [4.78, 5) is 13.4. The van der Waals surface area contributed by atoms with Gasteiger partial charge in [0.25, 0.3) is 0 Å². The molecule has 1 atom stereocenters. The first-order valence-electron chi connectivity index (χ1n) is 4.55. The summed E-state index contributed by atoms with van der Waals surface area (Å²) in [7, 11) is 0. The molecule has 1 aromatic heterocycles. The number of aromatic amines is 1. The topological polar surface area (TPSA) is 72.0 Å². The van der Waals surface area contributed by atoms with Gasteiger partial charge in [0, 0.05) is 6.54 Å². The van der Waals surface area contributed by atoms with Gasteiger partial charge in [-0.15, -0.1) is 0 Å². The number of aromatic nitrogens is 1. The van der Waals surface area contributed by atoms with E-state index in [4.69, 9.17) is 10.2 Å². The fourth-order valence-electron chi connectivity index (χ4n) is 1.39. The normalized spacial score (nSPS) is 15.4. The van der Waals surface area contributed by atoms with Crippen LogP contribution in [0.5, 0.6) is 0 Å². The van der Waals surface area contributed by atoms with Gasteiger partial charge in [-0.3, -0.25) is 4.98 Å². The number of fused-ring (bicyclic) bond motifs is 1. The molecule has 1 aromatic carbocycles. The zero-order valence-electron chi connectivity index (χ0n) is 8.21. The molecule has 3 N–H and O–H groups in total. The predicted molar refractivity (Wildman–Crippen MR) is 54.3 cm³/mol. The maximum atomic E-state index is 13.8. The molecule has 0 spiro atoms. The zero-order chi connectivity index (χ0) is 11.1. The van der Waals surface area contributed by atoms with Crippen LogP contribution in [0.15, 0.2) is 27.4 Å². The van der Waals surface area contributed by atoms with Gasteiger partial charge in [0.1, 0.15) is 5.67 Å². The second kappa shape index (κ2) is 3.20. The largest absolute Gasteiger partial charge is 0.417 e. The molecule has 4 nitrogen and oxygen atoms in total. The van der Waals surface area contributed by atoms with Crippen molar-refractivity contribution in [2.24, 2.45) is 5.73 Å². The standard InChI is InChI=1S/C10H11FN2O2/c1-10(11,5-12)6-2-3-7-8(4-6)15-9(14)13-7/h2-4H,5,12H2,1H3,(H,13,14). The lowest BCUT2D eigenvalue weighted by Gasteiger charge is -2.17. The first-order chi connectivity index (χ1) is 7.03. The molecule has 0 amide bonds. The van der Waals surface area contributed by atoms with Crippen LogP contribution in [0.2, 0.25) is 0 Å². The van der Waals surface area contributed by atoms with E-state index in [-0.39, 0.29) is 6.54 Å². The number of rotatable bonds is 2. The molecule has 80 valence electrons. The van der Waals surface area contributed by atoms with Gasteiger partial charge in [0.05, 0.1) is 5.52 Å². The lowest BCUT2D eigenvalue weighted by Crippen LogP contribution is -2.26. The van der Waals surface area contributed by atoms with Crippen molar-refractivity contribution in [1.82, 2.24) is 4.98 Å². The van der Waals surface area contributed by atoms with Crippen molar-refractivity contribution in [2.75, 3.05) is 6.54 Å².